The minimum atomic E-state index is -3.66. The van der Waals surface area contributed by atoms with Gasteiger partial charge in [0.15, 0.2) is 9.84 Å². The smallest absolute Gasteiger partial charge is 0.337 e. The number of hydrogen-bond acceptors (Lipinski definition) is 4. The Bertz CT molecular complexity index is 713. The zero-order chi connectivity index (χ0) is 16.6. The van der Waals surface area contributed by atoms with E-state index in [0.717, 1.165) is 6.26 Å². The number of aromatic carboxylic acids is 1. The first-order valence-corrected chi connectivity index (χ1v) is 9.09. The molecule has 1 rings (SSSR count). The van der Waals surface area contributed by atoms with Gasteiger partial charge in [0.2, 0.25) is 5.91 Å². The van der Waals surface area contributed by atoms with E-state index in [2.05, 4.69) is 37.2 Å². The second kappa shape index (κ2) is 6.05. The van der Waals surface area contributed by atoms with Crippen LogP contribution in [-0.2, 0) is 14.6 Å². The second-order valence-electron chi connectivity index (χ2n) is 4.85. The van der Waals surface area contributed by atoms with E-state index >= 15 is 0 Å². The van der Waals surface area contributed by atoms with Crippen LogP contribution in [0.1, 0.15) is 24.2 Å². The molecule has 6 nitrogen and oxygen atoms in total. The minimum absolute atomic E-state index is 0.00688. The van der Waals surface area contributed by atoms with Crippen molar-refractivity contribution in [3.8, 4) is 0 Å². The topological polar surface area (TPSA) is 101 Å². The summed E-state index contributed by atoms with van der Waals surface area (Å²) in [6.45, 7) is 2.51. The Labute approximate surface area is 139 Å². The molecule has 1 aromatic rings. The fraction of sp³-hybridized carbons (Fsp3) is 0.333. The summed E-state index contributed by atoms with van der Waals surface area (Å²) in [5, 5.41) is 11.5. The third-order valence-electron chi connectivity index (χ3n) is 3.00. The fourth-order valence-electron chi connectivity index (χ4n) is 1.30. The van der Waals surface area contributed by atoms with Crippen molar-refractivity contribution in [2.75, 3.05) is 11.6 Å². The van der Waals surface area contributed by atoms with E-state index in [1.807, 2.05) is 0 Å². The summed E-state index contributed by atoms with van der Waals surface area (Å²) >= 11 is 6.31. The number of hydrogen-bond donors (Lipinski definition) is 2. The van der Waals surface area contributed by atoms with Crippen molar-refractivity contribution in [2.24, 2.45) is 0 Å². The van der Waals surface area contributed by atoms with Gasteiger partial charge in [-0.2, -0.15) is 0 Å². The summed E-state index contributed by atoms with van der Waals surface area (Å²) in [4.78, 5) is 23.4. The van der Waals surface area contributed by atoms with E-state index in [1.165, 1.54) is 19.9 Å². The lowest BCUT2D eigenvalue weighted by molar-refractivity contribution is -0.117. The number of benzene rings is 1. The van der Waals surface area contributed by atoms with Crippen LogP contribution >= 0.6 is 31.9 Å². The first kappa shape index (κ1) is 18.1. The van der Waals surface area contributed by atoms with Crippen LogP contribution in [-0.4, -0.2) is 36.4 Å². The summed E-state index contributed by atoms with van der Waals surface area (Å²) in [7, 11) is -3.66. The number of anilines is 1. The minimum Gasteiger partial charge on any atom is -0.478 e. The van der Waals surface area contributed by atoms with Crippen LogP contribution in [0.25, 0.3) is 0 Å². The molecule has 9 heteroatoms. The molecule has 2 N–H and O–H groups in total. The Morgan fingerprint density at radius 2 is 1.76 bits per heavy atom. The van der Waals surface area contributed by atoms with Gasteiger partial charge in [-0.25, -0.2) is 13.2 Å². The van der Waals surface area contributed by atoms with Crippen molar-refractivity contribution in [1.82, 2.24) is 0 Å². The van der Waals surface area contributed by atoms with Gasteiger partial charge in [0.25, 0.3) is 0 Å². The van der Waals surface area contributed by atoms with E-state index in [9.17, 15) is 23.1 Å². The molecule has 0 aliphatic rings. The second-order valence-corrected chi connectivity index (χ2v) is 9.19. The van der Waals surface area contributed by atoms with Gasteiger partial charge in [-0.05, 0) is 41.9 Å². The van der Waals surface area contributed by atoms with Crippen molar-refractivity contribution in [3.63, 3.8) is 0 Å². The Morgan fingerprint density at radius 3 is 2.19 bits per heavy atom. The lowest BCUT2D eigenvalue weighted by atomic mass is 10.1. The predicted molar refractivity (Wildman–Crippen MR) is 86.4 cm³/mol. The van der Waals surface area contributed by atoms with Crippen molar-refractivity contribution in [3.05, 3.63) is 26.6 Å². The molecule has 0 bridgehead atoms. The summed E-state index contributed by atoms with van der Waals surface area (Å²) in [6.07, 6.45) is 0.946. The monoisotopic (exact) mass is 441 g/mol. The Kier molecular flexibility index (Phi) is 5.22. The molecule has 116 valence electrons. The molecule has 0 aliphatic carbocycles. The van der Waals surface area contributed by atoms with Crippen molar-refractivity contribution < 1.29 is 23.1 Å². The number of sulfone groups is 1. The van der Waals surface area contributed by atoms with E-state index in [0.29, 0.717) is 8.95 Å². The van der Waals surface area contributed by atoms with Crippen molar-refractivity contribution in [1.29, 1.82) is 0 Å². The molecule has 0 fully saturated rings. The third-order valence-corrected chi connectivity index (χ3v) is 6.12. The Hall–Kier alpha value is -0.930. The van der Waals surface area contributed by atoms with Crippen molar-refractivity contribution in [2.45, 2.75) is 18.6 Å². The predicted octanol–water partition coefficient (Wildman–Crippen LogP) is 2.67. The first-order valence-electron chi connectivity index (χ1n) is 5.61. The van der Waals surface area contributed by atoms with Gasteiger partial charge in [0.05, 0.1) is 11.3 Å². The number of amides is 1. The number of halogens is 2. The number of carbonyl (C=O) groups is 2. The number of rotatable bonds is 4. The molecule has 0 atom stereocenters. The zero-order valence-electron chi connectivity index (χ0n) is 11.4. The molecule has 0 spiro atoms. The fourth-order valence-corrected chi connectivity index (χ4v) is 3.01. The highest BCUT2D eigenvalue weighted by molar-refractivity contribution is 9.11. The van der Waals surface area contributed by atoms with E-state index in [4.69, 9.17) is 0 Å². The quantitative estimate of drug-likeness (QED) is 0.746. The Balaban J connectivity index is 3.33. The zero-order valence-corrected chi connectivity index (χ0v) is 15.4. The van der Waals surface area contributed by atoms with Crippen LogP contribution in [0.5, 0.6) is 0 Å². The van der Waals surface area contributed by atoms with Gasteiger partial charge in [-0.3, -0.25) is 4.79 Å². The largest absolute Gasteiger partial charge is 0.478 e. The highest BCUT2D eigenvalue weighted by atomic mass is 79.9. The molecule has 0 heterocycles. The van der Waals surface area contributed by atoms with E-state index < -0.39 is 26.5 Å². The van der Waals surface area contributed by atoms with Crippen molar-refractivity contribution >= 4 is 59.3 Å². The van der Waals surface area contributed by atoms with Crippen LogP contribution < -0.4 is 5.32 Å². The highest BCUT2D eigenvalue weighted by Gasteiger charge is 2.39. The Morgan fingerprint density at radius 1 is 1.24 bits per heavy atom. The van der Waals surface area contributed by atoms with E-state index in [1.54, 1.807) is 6.07 Å². The summed E-state index contributed by atoms with van der Waals surface area (Å²) in [6, 6.07) is 2.87. The molecule has 1 amide bonds. The van der Waals surface area contributed by atoms with Gasteiger partial charge in [0.1, 0.15) is 4.75 Å². The van der Waals surface area contributed by atoms with Crippen LogP contribution in [0, 0.1) is 0 Å². The molecular formula is C12H13Br2NO5S. The lowest BCUT2D eigenvalue weighted by Crippen LogP contribution is -2.44. The molecule has 21 heavy (non-hydrogen) atoms. The maximum atomic E-state index is 12.2. The van der Waals surface area contributed by atoms with Gasteiger partial charge >= 0.3 is 5.97 Å². The number of carbonyl (C=O) groups excluding carboxylic acids is 1. The summed E-state index contributed by atoms with van der Waals surface area (Å²) in [5.74, 6) is -2.06. The van der Waals surface area contributed by atoms with Crippen LogP contribution in [0.2, 0.25) is 0 Å². The highest BCUT2D eigenvalue weighted by Crippen LogP contribution is 2.32. The van der Waals surface area contributed by atoms with E-state index in [-0.39, 0.29) is 11.3 Å². The van der Waals surface area contributed by atoms with Gasteiger partial charge in [-0.15, -0.1) is 0 Å². The average Bonchev–Trinajstić information content (AvgIpc) is 2.30. The normalized spacial score (nSPS) is 12.0. The number of carboxylic acids is 1. The van der Waals surface area contributed by atoms with Crippen LogP contribution in [0.4, 0.5) is 5.69 Å². The molecule has 0 aromatic heterocycles. The summed E-state index contributed by atoms with van der Waals surface area (Å²) < 4.78 is 22.4. The van der Waals surface area contributed by atoms with Gasteiger partial charge in [-0.1, -0.05) is 15.9 Å². The first-order chi connectivity index (χ1) is 9.37. The maximum Gasteiger partial charge on any atom is 0.337 e. The van der Waals surface area contributed by atoms with Gasteiger partial charge < -0.3 is 10.4 Å². The number of carboxylic acid groups (broad SMARTS) is 1. The lowest BCUT2D eigenvalue weighted by Gasteiger charge is -2.22. The maximum absolute atomic E-state index is 12.2. The van der Waals surface area contributed by atoms with Crippen LogP contribution in [0.15, 0.2) is 21.1 Å². The molecule has 0 saturated heterocycles. The third kappa shape index (κ3) is 3.83. The SMILES string of the molecule is CC(C)(C(=O)Nc1c(Br)cc(Br)cc1C(=O)O)S(C)(=O)=O. The molecule has 0 radical (unpaired) electrons. The molecule has 0 saturated carbocycles. The van der Waals surface area contributed by atoms with Gasteiger partial charge in [0, 0.05) is 15.2 Å². The molecule has 1 aromatic carbocycles. The molecule has 0 unspecified atom stereocenters. The summed E-state index contributed by atoms with van der Waals surface area (Å²) in [5.41, 5.74) is -0.152. The van der Waals surface area contributed by atoms with Crippen LogP contribution in [0.3, 0.4) is 0 Å². The average molecular weight is 443 g/mol. The number of nitrogens with one attached hydrogen (secondary N) is 1. The standard InChI is InChI=1S/C12H13Br2NO5S/c1-12(2,21(3,19)20)11(18)15-9-7(10(16)17)4-6(13)5-8(9)14/h4-5H,1-3H3,(H,15,18)(H,16,17). The molecular weight excluding hydrogens is 430 g/mol. The molecule has 0 aliphatic heterocycles.